The van der Waals surface area contributed by atoms with E-state index in [9.17, 15) is 4.79 Å². The molecule has 3 rings (SSSR count). The van der Waals surface area contributed by atoms with Crippen LogP contribution in [0.2, 0.25) is 0 Å². The molecular formula is C19H15BrN2O3S. The predicted octanol–water partition coefficient (Wildman–Crippen LogP) is 4.57. The van der Waals surface area contributed by atoms with Crippen molar-refractivity contribution in [1.29, 1.82) is 0 Å². The van der Waals surface area contributed by atoms with Crippen molar-refractivity contribution in [1.82, 2.24) is 0 Å². The summed E-state index contributed by atoms with van der Waals surface area (Å²) in [5.41, 5.74) is 7.00. The second-order valence-electron chi connectivity index (χ2n) is 5.28. The highest BCUT2D eigenvalue weighted by Crippen LogP contribution is 2.19. The summed E-state index contributed by atoms with van der Waals surface area (Å²) in [4.78, 5) is 17.8. The van der Waals surface area contributed by atoms with Gasteiger partial charge < -0.3 is 15.3 Å². The number of carbonyl (C=O) groups is 1. The molecule has 0 aliphatic heterocycles. The van der Waals surface area contributed by atoms with Crippen molar-refractivity contribution in [2.45, 2.75) is 6.61 Å². The zero-order valence-corrected chi connectivity index (χ0v) is 16.0. The smallest absolute Gasteiger partial charge is 0.365 e. The number of oxime groups is 1. The van der Waals surface area contributed by atoms with Gasteiger partial charge >= 0.3 is 5.97 Å². The van der Waals surface area contributed by atoms with Gasteiger partial charge in [0.25, 0.3) is 0 Å². The molecule has 0 aliphatic carbocycles. The van der Waals surface area contributed by atoms with Crippen molar-refractivity contribution in [2.75, 3.05) is 0 Å². The number of carbonyl (C=O) groups excluding carboxylic acids is 1. The highest BCUT2D eigenvalue weighted by Gasteiger charge is 2.09. The minimum absolute atomic E-state index is 0.169. The lowest BCUT2D eigenvalue weighted by Crippen LogP contribution is -2.13. The van der Waals surface area contributed by atoms with Gasteiger partial charge in [-0.2, -0.15) is 0 Å². The first-order chi connectivity index (χ1) is 12.6. The molecule has 26 heavy (non-hydrogen) atoms. The number of hydrogen-bond acceptors (Lipinski definition) is 5. The summed E-state index contributed by atoms with van der Waals surface area (Å²) < 4.78 is 6.66. The molecule has 2 aromatic carbocycles. The monoisotopic (exact) mass is 430 g/mol. The molecule has 0 spiro atoms. The lowest BCUT2D eigenvalue weighted by atomic mass is 10.1. The molecule has 0 aliphatic rings. The van der Waals surface area contributed by atoms with E-state index in [1.54, 1.807) is 24.3 Å². The molecule has 0 fully saturated rings. The van der Waals surface area contributed by atoms with Crippen LogP contribution in [0.4, 0.5) is 0 Å². The van der Waals surface area contributed by atoms with Crippen molar-refractivity contribution in [2.24, 2.45) is 10.9 Å². The second-order valence-corrected chi connectivity index (χ2v) is 7.14. The molecule has 0 saturated heterocycles. The third kappa shape index (κ3) is 4.93. The van der Waals surface area contributed by atoms with E-state index in [1.807, 2.05) is 41.8 Å². The number of thiophene rings is 1. The maximum Gasteiger partial charge on any atom is 0.365 e. The topological polar surface area (TPSA) is 73.9 Å². The van der Waals surface area contributed by atoms with Crippen molar-refractivity contribution in [3.63, 3.8) is 0 Å². The minimum Gasteiger partial charge on any atom is -0.489 e. The van der Waals surface area contributed by atoms with Gasteiger partial charge in [0, 0.05) is 4.47 Å². The molecule has 0 bridgehead atoms. The van der Waals surface area contributed by atoms with Crippen LogP contribution in [0.3, 0.4) is 0 Å². The predicted molar refractivity (Wildman–Crippen MR) is 105 cm³/mol. The van der Waals surface area contributed by atoms with Crippen LogP contribution in [0.5, 0.6) is 5.75 Å². The van der Waals surface area contributed by atoms with Gasteiger partial charge in [0.1, 0.15) is 12.4 Å². The molecule has 5 nitrogen and oxygen atoms in total. The summed E-state index contributed by atoms with van der Waals surface area (Å²) in [5, 5.41) is 5.56. The van der Waals surface area contributed by atoms with E-state index in [1.165, 1.54) is 11.3 Å². The number of amidine groups is 1. The van der Waals surface area contributed by atoms with Gasteiger partial charge in [-0.15, -0.1) is 11.3 Å². The first kappa shape index (κ1) is 18.2. The molecule has 132 valence electrons. The van der Waals surface area contributed by atoms with E-state index >= 15 is 0 Å². The summed E-state index contributed by atoms with van der Waals surface area (Å²) in [5.74, 6) is 0.331. The van der Waals surface area contributed by atoms with Crippen LogP contribution in [0.1, 0.15) is 20.8 Å². The zero-order chi connectivity index (χ0) is 18.4. The van der Waals surface area contributed by atoms with Gasteiger partial charge in [-0.3, -0.25) is 0 Å². The molecule has 0 radical (unpaired) electrons. The number of rotatable bonds is 6. The fourth-order valence-electron chi connectivity index (χ4n) is 2.12. The Hall–Kier alpha value is -2.64. The van der Waals surface area contributed by atoms with E-state index in [4.69, 9.17) is 15.3 Å². The quantitative estimate of drug-likeness (QED) is 0.269. The van der Waals surface area contributed by atoms with Crippen molar-refractivity contribution in [3.05, 3.63) is 86.5 Å². The van der Waals surface area contributed by atoms with Crippen LogP contribution in [0.25, 0.3) is 0 Å². The molecule has 0 saturated carbocycles. The average Bonchev–Trinajstić information content (AvgIpc) is 3.19. The fourth-order valence-corrected chi connectivity index (χ4v) is 3.12. The van der Waals surface area contributed by atoms with Crippen molar-refractivity contribution in [3.8, 4) is 5.75 Å². The second kappa shape index (κ2) is 8.64. The van der Waals surface area contributed by atoms with Crippen LogP contribution in [-0.4, -0.2) is 11.8 Å². The van der Waals surface area contributed by atoms with Crippen LogP contribution in [-0.2, 0) is 11.4 Å². The summed E-state index contributed by atoms with van der Waals surface area (Å²) in [6.07, 6.45) is 0. The molecule has 7 heteroatoms. The maximum absolute atomic E-state index is 12.2. The van der Waals surface area contributed by atoms with E-state index in [0.29, 0.717) is 12.2 Å². The third-order valence-corrected chi connectivity index (χ3v) is 4.75. The molecule has 1 heterocycles. The summed E-state index contributed by atoms with van der Waals surface area (Å²) in [7, 11) is 0. The summed E-state index contributed by atoms with van der Waals surface area (Å²) in [6.45, 7) is 0.332. The largest absolute Gasteiger partial charge is 0.489 e. The Morgan fingerprint density at radius 1 is 1.12 bits per heavy atom. The Balaban J connectivity index is 1.63. The van der Waals surface area contributed by atoms with Crippen LogP contribution < -0.4 is 10.5 Å². The summed E-state index contributed by atoms with van der Waals surface area (Å²) in [6, 6.07) is 18.2. The number of nitrogens with zero attached hydrogens (tertiary/aromatic N) is 1. The lowest BCUT2D eigenvalue weighted by Gasteiger charge is -2.07. The molecule has 0 atom stereocenters. The van der Waals surface area contributed by atoms with Gasteiger partial charge in [-0.1, -0.05) is 45.4 Å². The highest BCUT2D eigenvalue weighted by atomic mass is 79.9. The number of benzene rings is 2. The molecular weight excluding hydrogens is 416 g/mol. The lowest BCUT2D eigenvalue weighted by molar-refractivity contribution is 0.0516. The zero-order valence-electron chi connectivity index (χ0n) is 13.6. The molecule has 2 N–H and O–H groups in total. The van der Waals surface area contributed by atoms with Gasteiger partial charge in [0.2, 0.25) is 0 Å². The third-order valence-electron chi connectivity index (χ3n) is 3.36. The van der Waals surface area contributed by atoms with E-state index < -0.39 is 5.97 Å². The molecule has 0 unspecified atom stereocenters. The SMILES string of the molecule is N/C(=N\OC(=O)c1cccc(COc2cccc(Br)c2)c1)c1cccs1. The Morgan fingerprint density at radius 3 is 2.73 bits per heavy atom. The van der Waals surface area contributed by atoms with Crippen LogP contribution >= 0.6 is 27.3 Å². The molecule has 1 aromatic heterocycles. The first-order valence-electron chi connectivity index (χ1n) is 7.68. The van der Waals surface area contributed by atoms with Crippen molar-refractivity contribution < 1.29 is 14.4 Å². The average molecular weight is 431 g/mol. The Labute approximate surface area is 163 Å². The molecule has 3 aromatic rings. The van der Waals surface area contributed by atoms with Crippen LogP contribution in [0.15, 0.2) is 75.7 Å². The van der Waals surface area contributed by atoms with Gasteiger partial charge in [-0.05, 0) is 47.3 Å². The van der Waals surface area contributed by atoms with Gasteiger partial charge in [0.05, 0.1) is 10.4 Å². The number of ether oxygens (including phenoxy) is 1. The van der Waals surface area contributed by atoms with Gasteiger partial charge in [0.15, 0.2) is 5.84 Å². The Bertz CT molecular complexity index is 926. The number of hydrogen-bond donors (Lipinski definition) is 1. The normalized spacial score (nSPS) is 11.2. The standard InChI is InChI=1S/C19H15BrN2O3S/c20-15-6-2-7-16(11-15)24-12-13-4-1-5-14(10-13)19(23)25-22-18(21)17-8-3-9-26-17/h1-11H,12H2,(H2,21,22). The fraction of sp³-hybridized carbons (Fsp3) is 0.0526. The van der Waals surface area contributed by atoms with E-state index in [0.717, 1.165) is 20.7 Å². The first-order valence-corrected chi connectivity index (χ1v) is 9.35. The Morgan fingerprint density at radius 2 is 1.96 bits per heavy atom. The molecule has 0 amide bonds. The van der Waals surface area contributed by atoms with E-state index in [2.05, 4.69) is 21.1 Å². The Kier molecular flexibility index (Phi) is 6.04. The van der Waals surface area contributed by atoms with Crippen molar-refractivity contribution >= 4 is 39.1 Å². The number of halogens is 1. The van der Waals surface area contributed by atoms with Crippen LogP contribution in [0, 0.1) is 0 Å². The van der Waals surface area contributed by atoms with Gasteiger partial charge in [-0.25, -0.2) is 4.79 Å². The highest BCUT2D eigenvalue weighted by molar-refractivity contribution is 9.10. The summed E-state index contributed by atoms with van der Waals surface area (Å²) >= 11 is 4.82. The maximum atomic E-state index is 12.2. The minimum atomic E-state index is -0.575. The number of nitrogens with two attached hydrogens (primary N) is 1. The van der Waals surface area contributed by atoms with E-state index in [-0.39, 0.29) is 5.84 Å².